The Balaban J connectivity index is 1.37. The highest BCUT2D eigenvalue weighted by Gasteiger charge is 2.28. The summed E-state index contributed by atoms with van der Waals surface area (Å²) in [6.07, 6.45) is 7.09. The summed E-state index contributed by atoms with van der Waals surface area (Å²) < 4.78 is 7.20. The zero-order valence-electron chi connectivity index (χ0n) is 18.4. The van der Waals surface area contributed by atoms with E-state index in [1.807, 2.05) is 22.8 Å². The molecule has 0 unspecified atom stereocenters. The third kappa shape index (κ3) is 3.98. The molecule has 1 N–H and O–H groups in total. The van der Waals surface area contributed by atoms with Gasteiger partial charge in [-0.25, -0.2) is 9.50 Å². The fourth-order valence-electron chi connectivity index (χ4n) is 4.31. The Kier molecular flexibility index (Phi) is 5.39. The molecule has 32 heavy (non-hydrogen) atoms. The number of anilines is 1. The smallest absolute Gasteiger partial charge is 0.225 e. The van der Waals surface area contributed by atoms with Gasteiger partial charge in [0.05, 0.1) is 24.4 Å². The number of hydrogen-bond acceptors (Lipinski definition) is 5. The summed E-state index contributed by atoms with van der Waals surface area (Å²) >= 11 is 0. The number of aromatic nitrogens is 3. The molecule has 1 aliphatic heterocycles. The molecule has 1 saturated heterocycles. The Labute approximate surface area is 187 Å². The third-order valence-electron chi connectivity index (χ3n) is 6.28. The lowest BCUT2D eigenvalue weighted by atomic mass is 9.97. The quantitative estimate of drug-likeness (QED) is 0.516. The average molecular weight is 430 g/mol. The van der Waals surface area contributed by atoms with Crippen LogP contribution >= 0.6 is 0 Å². The molecule has 0 bridgehead atoms. The summed E-state index contributed by atoms with van der Waals surface area (Å²) in [5.41, 5.74) is 5.49. The van der Waals surface area contributed by atoms with Gasteiger partial charge in [-0.15, -0.1) is 0 Å². The van der Waals surface area contributed by atoms with E-state index in [9.17, 15) is 4.79 Å². The number of nitrogens with one attached hydrogen (secondary N) is 1. The lowest BCUT2D eigenvalue weighted by molar-refractivity contribution is -0.125. The van der Waals surface area contributed by atoms with Gasteiger partial charge in [-0.1, -0.05) is 12.1 Å². The minimum Gasteiger partial charge on any atom is -0.467 e. The van der Waals surface area contributed by atoms with Crippen molar-refractivity contribution in [2.75, 3.05) is 18.0 Å². The molecule has 0 spiro atoms. The van der Waals surface area contributed by atoms with Crippen molar-refractivity contribution >= 4 is 17.2 Å². The summed E-state index contributed by atoms with van der Waals surface area (Å²) in [6.45, 7) is 6.16. The molecule has 1 fully saturated rings. The molecule has 1 amide bonds. The molecular weight excluding hydrogens is 402 g/mol. The molecule has 5 rings (SSSR count). The van der Waals surface area contributed by atoms with Crippen LogP contribution in [-0.2, 0) is 11.3 Å². The average Bonchev–Trinajstić information content (AvgIpc) is 3.49. The zero-order chi connectivity index (χ0) is 22.1. The zero-order valence-corrected chi connectivity index (χ0v) is 18.4. The van der Waals surface area contributed by atoms with E-state index in [1.54, 1.807) is 12.5 Å². The van der Waals surface area contributed by atoms with Crippen molar-refractivity contribution in [1.29, 1.82) is 0 Å². The molecule has 1 aromatic carbocycles. The summed E-state index contributed by atoms with van der Waals surface area (Å²) in [7, 11) is 0. The molecule has 4 heterocycles. The molecular formula is C25H27N5O2. The van der Waals surface area contributed by atoms with E-state index in [4.69, 9.17) is 9.52 Å². The number of rotatable bonds is 5. The molecule has 7 heteroatoms. The lowest BCUT2D eigenvalue weighted by Crippen LogP contribution is -2.43. The van der Waals surface area contributed by atoms with Crippen molar-refractivity contribution in [2.24, 2.45) is 5.92 Å². The van der Waals surface area contributed by atoms with Gasteiger partial charge in [0.2, 0.25) is 5.91 Å². The van der Waals surface area contributed by atoms with Gasteiger partial charge in [0.1, 0.15) is 11.3 Å². The maximum atomic E-state index is 12.8. The number of amides is 1. The van der Waals surface area contributed by atoms with E-state index in [0.717, 1.165) is 47.7 Å². The minimum absolute atomic E-state index is 0.0578. The topological polar surface area (TPSA) is 75.7 Å². The second-order valence-corrected chi connectivity index (χ2v) is 8.49. The van der Waals surface area contributed by atoms with E-state index in [0.29, 0.717) is 13.1 Å². The largest absolute Gasteiger partial charge is 0.467 e. The number of benzene rings is 1. The van der Waals surface area contributed by atoms with Gasteiger partial charge in [-0.2, -0.15) is 5.10 Å². The van der Waals surface area contributed by atoms with Crippen LogP contribution in [0, 0.1) is 19.8 Å². The number of hydrogen-bond donors (Lipinski definition) is 1. The molecule has 0 radical (unpaired) electrons. The predicted octanol–water partition coefficient (Wildman–Crippen LogP) is 4.14. The van der Waals surface area contributed by atoms with Crippen LogP contribution in [-0.4, -0.2) is 33.6 Å². The van der Waals surface area contributed by atoms with Crippen molar-refractivity contribution in [3.8, 4) is 11.3 Å². The molecule has 1 atom stereocenters. The van der Waals surface area contributed by atoms with Gasteiger partial charge in [-0.05, 0) is 62.1 Å². The third-order valence-corrected chi connectivity index (χ3v) is 6.28. The Morgan fingerprint density at radius 1 is 1.22 bits per heavy atom. The summed E-state index contributed by atoms with van der Waals surface area (Å²) in [5.74, 6) is 1.61. The van der Waals surface area contributed by atoms with Crippen LogP contribution in [0.2, 0.25) is 0 Å². The molecule has 7 nitrogen and oxygen atoms in total. The minimum atomic E-state index is -0.0806. The Morgan fingerprint density at radius 2 is 2.12 bits per heavy atom. The standard InChI is InChI=1S/C25H27N5O2/c1-17-7-8-19(13-18(17)2)22-14-23-24(26-9-11-30(23)28-22)29-10-3-5-20(16-29)25(31)27-15-21-6-4-12-32-21/h4,6-9,11-14,20H,3,5,10,15-16H2,1-2H3,(H,27,31)/t20-/m0/s1. The summed E-state index contributed by atoms with van der Waals surface area (Å²) in [4.78, 5) is 19.6. The maximum Gasteiger partial charge on any atom is 0.225 e. The second-order valence-electron chi connectivity index (χ2n) is 8.49. The maximum absolute atomic E-state index is 12.8. The van der Waals surface area contributed by atoms with Gasteiger partial charge in [-0.3, -0.25) is 4.79 Å². The van der Waals surface area contributed by atoms with E-state index in [2.05, 4.69) is 53.3 Å². The first kappa shape index (κ1) is 20.3. The molecule has 3 aromatic heterocycles. The normalized spacial score (nSPS) is 16.4. The highest BCUT2D eigenvalue weighted by molar-refractivity contribution is 5.81. The Bertz CT molecular complexity index is 1240. The van der Waals surface area contributed by atoms with Crippen LogP contribution in [0.25, 0.3) is 16.8 Å². The fourth-order valence-corrected chi connectivity index (χ4v) is 4.31. The van der Waals surface area contributed by atoms with E-state index in [-0.39, 0.29) is 11.8 Å². The van der Waals surface area contributed by atoms with E-state index >= 15 is 0 Å². The van der Waals surface area contributed by atoms with Crippen molar-refractivity contribution in [2.45, 2.75) is 33.2 Å². The van der Waals surface area contributed by atoms with Crippen LogP contribution in [0.5, 0.6) is 0 Å². The monoisotopic (exact) mass is 429 g/mol. The van der Waals surface area contributed by atoms with Gasteiger partial charge in [0.25, 0.3) is 0 Å². The first-order chi connectivity index (χ1) is 15.6. The molecule has 0 saturated carbocycles. The molecule has 1 aliphatic rings. The highest BCUT2D eigenvalue weighted by Crippen LogP contribution is 2.29. The first-order valence-corrected chi connectivity index (χ1v) is 11.1. The highest BCUT2D eigenvalue weighted by atomic mass is 16.3. The SMILES string of the molecule is Cc1ccc(-c2cc3c(N4CCC[C@H](C(=O)NCc5ccco5)C4)nccn3n2)cc1C. The van der Waals surface area contributed by atoms with Crippen LogP contribution in [0.3, 0.4) is 0 Å². The van der Waals surface area contributed by atoms with Crippen molar-refractivity contribution < 1.29 is 9.21 Å². The van der Waals surface area contributed by atoms with Gasteiger partial charge in [0.15, 0.2) is 5.82 Å². The van der Waals surface area contributed by atoms with Crippen LogP contribution in [0.4, 0.5) is 5.82 Å². The van der Waals surface area contributed by atoms with Gasteiger partial charge < -0.3 is 14.6 Å². The van der Waals surface area contributed by atoms with E-state index < -0.39 is 0 Å². The predicted molar refractivity (Wildman–Crippen MR) is 123 cm³/mol. The summed E-state index contributed by atoms with van der Waals surface area (Å²) in [6, 6.07) is 12.2. The van der Waals surface area contributed by atoms with Crippen LogP contribution in [0.15, 0.2) is 59.5 Å². The molecule has 0 aliphatic carbocycles. The van der Waals surface area contributed by atoms with Crippen LogP contribution < -0.4 is 10.2 Å². The Morgan fingerprint density at radius 3 is 2.94 bits per heavy atom. The summed E-state index contributed by atoms with van der Waals surface area (Å²) in [5, 5.41) is 7.78. The van der Waals surface area contributed by atoms with E-state index in [1.165, 1.54) is 11.1 Å². The number of carbonyl (C=O) groups is 1. The number of piperidine rings is 1. The second kappa shape index (κ2) is 8.49. The van der Waals surface area contributed by atoms with Crippen LogP contribution in [0.1, 0.15) is 29.7 Å². The fraction of sp³-hybridized carbons (Fsp3) is 0.320. The number of nitrogens with zero attached hydrogens (tertiary/aromatic N) is 4. The van der Waals surface area contributed by atoms with Crippen molar-refractivity contribution in [1.82, 2.24) is 19.9 Å². The number of fused-ring (bicyclic) bond motifs is 1. The van der Waals surface area contributed by atoms with Crippen molar-refractivity contribution in [3.05, 3.63) is 71.9 Å². The number of furan rings is 1. The number of carbonyl (C=O) groups excluding carboxylic acids is 1. The van der Waals surface area contributed by atoms with Gasteiger partial charge >= 0.3 is 0 Å². The number of aryl methyl sites for hydroxylation is 2. The molecule has 4 aromatic rings. The van der Waals surface area contributed by atoms with Gasteiger partial charge in [0, 0.05) is 31.0 Å². The lowest BCUT2D eigenvalue weighted by Gasteiger charge is -2.33. The Hall–Kier alpha value is -3.61. The molecule has 164 valence electrons. The van der Waals surface area contributed by atoms with Crippen molar-refractivity contribution in [3.63, 3.8) is 0 Å². The first-order valence-electron chi connectivity index (χ1n) is 11.1.